The summed E-state index contributed by atoms with van der Waals surface area (Å²) in [7, 11) is 1.52. The van der Waals surface area contributed by atoms with Crippen LogP contribution in [0.25, 0.3) is 5.76 Å². The number of rotatable bonds is 3. The lowest BCUT2D eigenvalue weighted by atomic mass is 9.85. The van der Waals surface area contributed by atoms with Crippen LogP contribution >= 0.6 is 0 Å². The molecule has 1 aliphatic heterocycles. The van der Waals surface area contributed by atoms with E-state index >= 15 is 0 Å². The second-order valence-corrected chi connectivity index (χ2v) is 7.60. The Morgan fingerprint density at radius 1 is 1.07 bits per heavy atom. The van der Waals surface area contributed by atoms with E-state index in [4.69, 9.17) is 4.74 Å². The van der Waals surface area contributed by atoms with Gasteiger partial charge in [0.2, 0.25) is 0 Å². The normalized spacial score (nSPS) is 19.0. The molecule has 0 aromatic heterocycles. The molecule has 1 aliphatic rings. The number of amides is 1. The van der Waals surface area contributed by atoms with E-state index < -0.39 is 17.7 Å². The highest BCUT2D eigenvalue weighted by Gasteiger charge is 2.39. The van der Waals surface area contributed by atoms with E-state index in [0.29, 0.717) is 11.3 Å². The number of benzene rings is 2. The van der Waals surface area contributed by atoms with Gasteiger partial charge in [0.05, 0.1) is 18.7 Å². The topological polar surface area (TPSA) is 75.6 Å². The maximum atomic E-state index is 12.4. The average Bonchev–Trinajstić information content (AvgIpc) is 2.95. The van der Waals surface area contributed by atoms with E-state index in [2.05, 4.69) is 26.1 Å². The third-order valence-corrected chi connectivity index (χ3v) is 4.72. The van der Waals surface area contributed by atoms with Gasteiger partial charge < -0.3 is 15.2 Å². The highest BCUT2D eigenvalue weighted by atomic mass is 16.5. The highest BCUT2D eigenvalue weighted by Crippen LogP contribution is 2.34. The number of carbonyl (C=O) groups is 2. The second-order valence-electron chi connectivity index (χ2n) is 7.60. The van der Waals surface area contributed by atoms with Crippen molar-refractivity contribution in [1.29, 1.82) is 0 Å². The van der Waals surface area contributed by atoms with Crippen molar-refractivity contribution in [3.05, 3.63) is 70.8 Å². The molecule has 2 aromatic carbocycles. The fraction of sp³-hybridized carbons (Fsp3) is 0.273. The number of methoxy groups -OCH3 is 1. The Balaban J connectivity index is 2.06. The van der Waals surface area contributed by atoms with Crippen molar-refractivity contribution in [3.8, 4) is 5.75 Å². The number of carbonyl (C=O) groups excluding carboxylic acids is 2. The number of aliphatic hydroxyl groups is 1. The molecule has 140 valence electrons. The van der Waals surface area contributed by atoms with Crippen LogP contribution in [0, 0.1) is 0 Å². The summed E-state index contributed by atoms with van der Waals surface area (Å²) in [4.78, 5) is 24.4. The van der Waals surface area contributed by atoms with Gasteiger partial charge in [-0.3, -0.25) is 9.59 Å². The minimum absolute atomic E-state index is 0.00528. The van der Waals surface area contributed by atoms with Gasteiger partial charge in [0.1, 0.15) is 11.5 Å². The fourth-order valence-corrected chi connectivity index (χ4v) is 3.12. The zero-order valence-electron chi connectivity index (χ0n) is 15.9. The van der Waals surface area contributed by atoms with Gasteiger partial charge in [-0.2, -0.15) is 0 Å². The summed E-state index contributed by atoms with van der Waals surface area (Å²) in [5.74, 6) is -1.11. The Labute approximate surface area is 158 Å². The first-order valence-electron chi connectivity index (χ1n) is 8.75. The van der Waals surface area contributed by atoms with Crippen LogP contribution in [0.1, 0.15) is 43.5 Å². The lowest BCUT2D eigenvalue weighted by Gasteiger charge is -2.20. The minimum atomic E-state index is -0.722. The SMILES string of the molecule is COc1cccc(C(O)=C2C(=O)C(=O)NC2c2ccc(C(C)(C)C)cc2)c1. The van der Waals surface area contributed by atoms with Crippen LogP contribution < -0.4 is 10.1 Å². The van der Waals surface area contributed by atoms with Crippen LogP contribution in [0.15, 0.2) is 54.1 Å². The number of ketones is 1. The molecule has 1 amide bonds. The van der Waals surface area contributed by atoms with Crippen molar-refractivity contribution >= 4 is 17.4 Å². The molecule has 1 fully saturated rings. The van der Waals surface area contributed by atoms with Crippen LogP contribution in [0.2, 0.25) is 0 Å². The number of hydrogen-bond donors (Lipinski definition) is 2. The molecule has 1 atom stereocenters. The maximum Gasteiger partial charge on any atom is 0.293 e. The van der Waals surface area contributed by atoms with E-state index in [1.807, 2.05) is 24.3 Å². The average molecular weight is 365 g/mol. The number of aliphatic hydroxyl groups excluding tert-OH is 1. The van der Waals surface area contributed by atoms with Crippen LogP contribution in [0.4, 0.5) is 0 Å². The number of ether oxygens (including phenoxy) is 1. The lowest BCUT2D eigenvalue weighted by molar-refractivity contribution is -0.133. The molecule has 1 saturated heterocycles. The number of nitrogens with one attached hydrogen (secondary N) is 1. The van der Waals surface area contributed by atoms with Gasteiger partial charge in [0.25, 0.3) is 11.7 Å². The van der Waals surface area contributed by atoms with Crippen LogP contribution in [0.5, 0.6) is 5.75 Å². The van der Waals surface area contributed by atoms with Crippen molar-refractivity contribution < 1.29 is 19.4 Å². The number of hydrogen-bond acceptors (Lipinski definition) is 4. The monoisotopic (exact) mass is 365 g/mol. The molecule has 5 nitrogen and oxygen atoms in total. The molecule has 1 unspecified atom stereocenters. The molecule has 5 heteroatoms. The quantitative estimate of drug-likeness (QED) is 0.494. The largest absolute Gasteiger partial charge is 0.507 e. The fourth-order valence-electron chi connectivity index (χ4n) is 3.12. The molecular formula is C22H23NO4. The molecule has 0 aliphatic carbocycles. The Kier molecular flexibility index (Phi) is 4.79. The van der Waals surface area contributed by atoms with Gasteiger partial charge in [0, 0.05) is 5.56 Å². The van der Waals surface area contributed by atoms with Crippen LogP contribution in [-0.4, -0.2) is 23.9 Å². The third-order valence-electron chi connectivity index (χ3n) is 4.72. The number of Topliss-reactive ketones (excluding diaryl/α,β-unsaturated/α-hetero) is 1. The lowest BCUT2D eigenvalue weighted by Crippen LogP contribution is -2.21. The summed E-state index contributed by atoms with van der Waals surface area (Å²) >= 11 is 0. The highest BCUT2D eigenvalue weighted by molar-refractivity contribution is 6.46. The van der Waals surface area contributed by atoms with E-state index in [1.54, 1.807) is 24.3 Å². The summed E-state index contributed by atoms with van der Waals surface area (Å²) in [6.07, 6.45) is 0. The Hall–Kier alpha value is -3.08. The Morgan fingerprint density at radius 3 is 2.33 bits per heavy atom. The summed E-state index contributed by atoms with van der Waals surface area (Å²) < 4.78 is 5.17. The molecule has 0 radical (unpaired) electrons. The predicted octanol–water partition coefficient (Wildman–Crippen LogP) is 3.70. The van der Waals surface area contributed by atoms with Gasteiger partial charge in [-0.05, 0) is 28.7 Å². The van der Waals surface area contributed by atoms with E-state index in [0.717, 1.165) is 11.1 Å². The standard InChI is InChI=1S/C22H23NO4/c1-22(2,3)15-10-8-13(9-11-15)18-17(20(25)21(26)23-18)19(24)14-6-5-7-16(12-14)27-4/h5-12,18,24H,1-4H3,(H,23,26). The van der Waals surface area contributed by atoms with Crippen molar-refractivity contribution in [2.45, 2.75) is 32.2 Å². The molecule has 27 heavy (non-hydrogen) atoms. The Bertz CT molecular complexity index is 920. The first kappa shape index (κ1) is 18.7. The summed E-state index contributed by atoms with van der Waals surface area (Å²) in [6, 6.07) is 13.8. The molecular weight excluding hydrogens is 342 g/mol. The summed E-state index contributed by atoms with van der Waals surface area (Å²) in [5.41, 5.74) is 2.35. The first-order chi connectivity index (χ1) is 12.7. The minimum Gasteiger partial charge on any atom is -0.507 e. The molecule has 2 N–H and O–H groups in total. The van der Waals surface area contributed by atoms with Crippen molar-refractivity contribution in [1.82, 2.24) is 5.32 Å². The molecule has 2 aromatic rings. The van der Waals surface area contributed by atoms with Crippen LogP contribution in [0.3, 0.4) is 0 Å². The molecule has 3 rings (SSSR count). The maximum absolute atomic E-state index is 12.4. The smallest absolute Gasteiger partial charge is 0.293 e. The van der Waals surface area contributed by atoms with Gasteiger partial charge in [-0.15, -0.1) is 0 Å². The van der Waals surface area contributed by atoms with E-state index in [1.165, 1.54) is 7.11 Å². The predicted molar refractivity (Wildman–Crippen MR) is 104 cm³/mol. The van der Waals surface area contributed by atoms with E-state index in [9.17, 15) is 14.7 Å². The zero-order valence-corrected chi connectivity index (χ0v) is 15.9. The van der Waals surface area contributed by atoms with Crippen molar-refractivity contribution in [3.63, 3.8) is 0 Å². The first-order valence-corrected chi connectivity index (χ1v) is 8.75. The van der Waals surface area contributed by atoms with E-state index in [-0.39, 0.29) is 16.7 Å². The van der Waals surface area contributed by atoms with Gasteiger partial charge in [0.15, 0.2) is 0 Å². The van der Waals surface area contributed by atoms with Gasteiger partial charge >= 0.3 is 0 Å². The molecule has 1 heterocycles. The Morgan fingerprint density at radius 2 is 1.74 bits per heavy atom. The van der Waals surface area contributed by atoms with Gasteiger partial charge in [-0.1, -0.05) is 57.2 Å². The molecule has 0 saturated carbocycles. The summed E-state index contributed by atoms with van der Waals surface area (Å²) in [5, 5.41) is 13.4. The second kappa shape index (κ2) is 6.91. The zero-order chi connectivity index (χ0) is 19.8. The van der Waals surface area contributed by atoms with Crippen LogP contribution in [-0.2, 0) is 15.0 Å². The third kappa shape index (κ3) is 3.58. The van der Waals surface area contributed by atoms with Crippen molar-refractivity contribution in [2.24, 2.45) is 0 Å². The van der Waals surface area contributed by atoms with Crippen molar-refractivity contribution in [2.75, 3.05) is 7.11 Å². The van der Waals surface area contributed by atoms with Gasteiger partial charge in [-0.25, -0.2) is 0 Å². The molecule has 0 spiro atoms. The molecule has 0 bridgehead atoms. The summed E-state index contributed by atoms with van der Waals surface area (Å²) in [6.45, 7) is 6.34.